The van der Waals surface area contributed by atoms with Crippen LogP contribution in [0.2, 0.25) is 0 Å². The van der Waals surface area contributed by atoms with Crippen molar-refractivity contribution >= 4 is 23.0 Å². The first-order valence-corrected chi connectivity index (χ1v) is 8.60. The summed E-state index contributed by atoms with van der Waals surface area (Å²) in [6, 6.07) is 9.19. The minimum atomic E-state index is -5.27. The SMILES string of the molecule is O=C(Cc1ccc([N+](=O)[O-])cc1)N1N=C(c2cccc([N+](=O)[O-])c2)CC1(O)C(F)(F)F. The number of benzene rings is 2. The Labute approximate surface area is 171 Å². The van der Waals surface area contributed by atoms with Crippen LogP contribution >= 0.6 is 0 Å². The predicted octanol–water partition coefficient (Wildman–Crippen LogP) is 2.93. The van der Waals surface area contributed by atoms with Gasteiger partial charge in [0, 0.05) is 29.8 Å². The average Bonchev–Trinajstić information content (AvgIpc) is 3.07. The molecule has 1 amide bonds. The summed E-state index contributed by atoms with van der Waals surface area (Å²) in [6.07, 6.45) is -7.02. The summed E-state index contributed by atoms with van der Waals surface area (Å²) in [6.45, 7) is 0. The van der Waals surface area contributed by atoms with Crippen molar-refractivity contribution in [3.8, 4) is 0 Å². The molecule has 1 aliphatic heterocycles. The lowest BCUT2D eigenvalue weighted by atomic mass is 10.00. The minimum Gasteiger partial charge on any atom is -0.362 e. The Morgan fingerprint density at radius 1 is 1.10 bits per heavy atom. The van der Waals surface area contributed by atoms with E-state index in [2.05, 4.69) is 5.10 Å². The Morgan fingerprint density at radius 2 is 1.71 bits per heavy atom. The van der Waals surface area contributed by atoms with Gasteiger partial charge >= 0.3 is 6.18 Å². The van der Waals surface area contributed by atoms with E-state index in [0.29, 0.717) is 0 Å². The zero-order valence-electron chi connectivity index (χ0n) is 15.4. The van der Waals surface area contributed by atoms with Crippen molar-refractivity contribution in [1.29, 1.82) is 0 Å². The second-order valence-electron chi connectivity index (χ2n) is 6.65. The number of halogens is 3. The number of aliphatic hydroxyl groups is 1. The largest absolute Gasteiger partial charge is 0.438 e. The van der Waals surface area contributed by atoms with Crippen molar-refractivity contribution in [2.45, 2.75) is 24.7 Å². The molecular weight excluding hydrogens is 425 g/mol. The molecule has 1 heterocycles. The fourth-order valence-electron chi connectivity index (χ4n) is 2.97. The lowest BCUT2D eigenvalue weighted by molar-refractivity contribution is -0.385. The second-order valence-corrected chi connectivity index (χ2v) is 6.65. The zero-order chi connectivity index (χ0) is 23.0. The van der Waals surface area contributed by atoms with E-state index < -0.39 is 46.2 Å². The molecule has 10 nitrogen and oxygen atoms in total. The minimum absolute atomic E-state index is 0.0532. The summed E-state index contributed by atoms with van der Waals surface area (Å²) in [5, 5.41) is 35.4. The Morgan fingerprint density at radius 3 is 2.26 bits per heavy atom. The molecule has 2 aromatic carbocycles. The highest BCUT2D eigenvalue weighted by Gasteiger charge is 2.63. The van der Waals surface area contributed by atoms with E-state index in [4.69, 9.17) is 0 Å². The molecule has 0 saturated carbocycles. The first-order chi connectivity index (χ1) is 14.4. The summed E-state index contributed by atoms with van der Waals surface area (Å²) in [5.41, 5.74) is -4.56. The van der Waals surface area contributed by atoms with E-state index in [1.165, 1.54) is 24.3 Å². The van der Waals surface area contributed by atoms with Crippen LogP contribution in [0.3, 0.4) is 0 Å². The van der Waals surface area contributed by atoms with Crippen LogP contribution < -0.4 is 0 Å². The fraction of sp³-hybridized carbons (Fsp3) is 0.222. The molecule has 0 aromatic heterocycles. The van der Waals surface area contributed by atoms with Gasteiger partial charge in [0.1, 0.15) is 0 Å². The van der Waals surface area contributed by atoms with Crippen LogP contribution in [-0.2, 0) is 11.2 Å². The van der Waals surface area contributed by atoms with Gasteiger partial charge in [-0.05, 0) is 5.56 Å². The topological polar surface area (TPSA) is 139 Å². The summed E-state index contributed by atoms with van der Waals surface area (Å²) in [4.78, 5) is 32.8. The zero-order valence-corrected chi connectivity index (χ0v) is 15.4. The third kappa shape index (κ3) is 4.21. The molecule has 1 unspecified atom stereocenters. The molecule has 0 bridgehead atoms. The Hall–Kier alpha value is -3.87. The number of hydrogen-bond donors (Lipinski definition) is 1. The van der Waals surface area contributed by atoms with Crippen LogP contribution in [-0.4, -0.2) is 43.5 Å². The predicted molar refractivity (Wildman–Crippen MR) is 98.9 cm³/mol. The molecule has 0 spiro atoms. The molecule has 3 rings (SSSR count). The molecule has 1 aliphatic rings. The molecule has 0 radical (unpaired) electrons. The first-order valence-electron chi connectivity index (χ1n) is 8.60. The number of carbonyl (C=O) groups is 1. The van der Waals surface area contributed by atoms with Crippen molar-refractivity contribution in [3.63, 3.8) is 0 Å². The Balaban J connectivity index is 1.94. The third-order valence-corrected chi connectivity index (χ3v) is 4.57. The van der Waals surface area contributed by atoms with Crippen molar-refractivity contribution < 1.29 is 32.9 Å². The quantitative estimate of drug-likeness (QED) is 0.562. The monoisotopic (exact) mass is 438 g/mol. The van der Waals surface area contributed by atoms with E-state index in [9.17, 15) is 43.3 Å². The lowest BCUT2D eigenvalue weighted by Gasteiger charge is -2.32. The highest BCUT2D eigenvalue weighted by atomic mass is 19.4. The molecule has 0 aliphatic carbocycles. The van der Waals surface area contributed by atoms with Crippen LogP contribution in [0.5, 0.6) is 0 Å². The van der Waals surface area contributed by atoms with Crippen LogP contribution in [0.4, 0.5) is 24.5 Å². The third-order valence-electron chi connectivity index (χ3n) is 4.57. The standard InChI is InChI=1S/C18H13F3N4O6/c19-18(20,21)17(27)10-15(12-2-1-3-14(9-12)25(30)31)22-23(17)16(26)8-11-4-6-13(7-5-11)24(28)29/h1-7,9,27H,8,10H2. The second kappa shape index (κ2) is 7.75. The van der Waals surface area contributed by atoms with Crippen molar-refractivity contribution in [2.75, 3.05) is 0 Å². The maximum Gasteiger partial charge on any atom is 0.438 e. The molecular formula is C18H13F3N4O6. The van der Waals surface area contributed by atoms with E-state index in [1.54, 1.807) is 0 Å². The summed E-state index contributed by atoms with van der Waals surface area (Å²) >= 11 is 0. The number of alkyl halides is 3. The number of nitrogens with zero attached hydrogens (tertiary/aromatic N) is 4. The van der Waals surface area contributed by atoms with E-state index in [0.717, 1.165) is 24.3 Å². The average molecular weight is 438 g/mol. The summed E-state index contributed by atoms with van der Waals surface area (Å²) in [5.74, 6) is -1.21. The van der Waals surface area contributed by atoms with Crippen LogP contribution in [0.25, 0.3) is 0 Å². The molecule has 13 heteroatoms. The maximum absolute atomic E-state index is 13.6. The van der Waals surface area contributed by atoms with Crippen molar-refractivity contribution in [1.82, 2.24) is 5.01 Å². The number of nitro groups is 2. The lowest BCUT2D eigenvalue weighted by Crippen LogP contribution is -2.57. The van der Waals surface area contributed by atoms with E-state index in [1.807, 2.05) is 0 Å². The highest BCUT2D eigenvalue weighted by Crippen LogP contribution is 2.41. The van der Waals surface area contributed by atoms with E-state index >= 15 is 0 Å². The number of non-ortho nitro benzene ring substituents is 2. The Bertz CT molecular complexity index is 1090. The summed E-state index contributed by atoms with van der Waals surface area (Å²) < 4.78 is 40.9. The summed E-state index contributed by atoms with van der Waals surface area (Å²) in [7, 11) is 0. The smallest absolute Gasteiger partial charge is 0.362 e. The Kier molecular flexibility index (Phi) is 5.46. The van der Waals surface area contributed by atoms with Gasteiger partial charge in [-0.25, -0.2) is 0 Å². The number of hydrogen-bond acceptors (Lipinski definition) is 7. The van der Waals surface area contributed by atoms with Gasteiger partial charge in [0.05, 0.1) is 28.4 Å². The molecule has 0 saturated heterocycles. The molecule has 2 aromatic rings. The highest BCUT2D eigenvalue weighted by molar-refractivity contribution is 6.04. The normalized spacial score (nSPS) is 18.6. The molecule has 162 valence electrons. The fourth-order valence-corrected chi connectivity index (χ4v) is 2.97. The number of hydrazone groups is 1. The van der Waals surface area contributed by atoms with Crippen LogP contribution in [0.15, 0.2) is 53.6 Å². The van der Waals surface area contributed by atoms with Crippen LogP contribution in [0, 0.1) is 20.2 Å². The van der Waals surface area contributed by atoms with Crippen molar-refractivity contribution in [2.24, 2.45) is 5.10 Å². The maximum atomic E-state index is 13.6. The first kappa shape index (κ1) is 21.8. The number of amides is 1. The molecule has 0 fully saturated rings. The van der Waals surface area contributed by atoms with Gasteiger partial charge in [0.25, 0.3) is 17.1 Å². The van der Waals surface area contributed by atoms with Gasteiger partial charge in [-0.1, -0.05) is 24.3 Å². The number of rotatable bonds is 5. The molecule has 31 heavy (non-hydrogen) atoms. The van der Waals surface area contributed by atoms with Gasteiger partial charge in [-0.3, -0.25) is 25.0 Å². The number of nitro benzene ring substituents is 2. The molecule has 1 N–H and O–H groups in total. The number of carbonyl (C=O) groups excluding carboxylic acids is 1. The van der Waals surface area contributed by atoms with Crippen molar-refractivity contribution in [3.05, 3.63) is 79.9 Å². The van der Waals surface area contributed by atoms with Crippen LogP contribution in [0.1, 0.15) is 17.5 Å². The van der Waals surface area contributed by atoms with Gasteiger partial charge < -0.3 is 5.11 Å². The van der Waals surface area contributed by atoms with Gasteiger partial charge in [-0.2, -0.15) is 23.3 Å². The van der Waals surface area contributed by atoms with E-state index in [-0.39, 0.29) is 27.5 Å². The van der Waals surface area contributed by atoms with Gasteiger partial charge in [0.2, 0.25) is 5.91 Å². The van der Waals surface area contributed by atoms with Gasteiger partial charge in [0.15, 0.2) is 0 Å². The molecule has 1 atom stereocenters. The van der Waals surface area contributed by atoms with Gasteiger partial charge in [-0.15, -0.1) is 0 Å².